The summed E-state index contributed by atoms with van der Waals surface area (Å²) < 4.78 is 1.80. The maximum Gasteiger partial charge on any atom is 0.244 e. The van der Waals surface area contributed by atoms with Crippen LogP contribution in [0.2, 0.25) is 0 Å². The Morgan fingerprint density at radius 1 is 1.53 bits per heavy atom. The molecule has 19 heavy (non-hydrogen) atoms. The standard InChI is InChI=1S/C14H21N3O2/c1-10-12(11(2)17(3)16-10)5-6-13(19)15-14(9-18)7-4-8-14/h5-6,18H,4,7-9H2,1-3H3,(H,15,19)/b6-5+. The second kappa shape index (κ2) is 5.17. The van der Waals surface area contributed by atoms with Crippen molar-refractivity contribution >= 4 is 12.0 Å². The predicted octanol–water partition coefficient (Wildman–Crippen LogP) is 1.08. The number of nitrogens with one attached hydrogen (secondary N) is 1. The van der Waals surface area contributed by atoms with Crippen LogP contribution in [0.3, 0.4) is 0 Å². The minimum Gasteiger partial charge on any atom is -0.394 e. The lowest BCUT2D eigenvalue weighted by atomic mass is 9.77. The average molecular weight is 263 g/mol. The second-order valence-corrected chi connectivity index (χ2v) is 5.32. The Kier molecular flexibility index (Phi) is 3.75. The highest BCUT2D eigenvalue weighted by Gasteiger charge is 2.37. The van der Waals surface area contributed by atoms with Crippen LogP contribution in [0.15, 0.2) is 6.08 Å². The summed E-state index contributed by atoms with van der Waals surface area (Å²) in [7, 11) is 1.88. The van der Waals surface area contributed by atoms with Crippen LogP contribution in [-0.2, 0) is 11.8 Å². The Morgan fingerprint density at radius 2 is 2.21 bits per heavy atom. The Balaban J connectivity index is 2.04. The summed E-state index contributed by atoms with van der Waals surface area (Å²) in [6, 6.07) is 0. The molecule has 104 valence electrons. The summed E-state index contributed by atoms with van der Waals surface area (Å²) in [5, 5.41) is 16.5. The molecule has 5 nitrogen and oxygen atoms in total. The number of aryl methyl sites for hydroxylation is 2. The van der Waals surface area contributed by atoms with E-state index in [1.807, 2.05) is 20.9 Å². The molecule has 0 atom stereocenters. The van der Waals surface area contributed by atoms with Gasteiger partial charge in [0.25, 0.3) is 0 Å². The van der Waals surface area contributed by atoms with Gasteiger partial charge < -0.3 is 10.4 Å². The molecule has 0 aliphatic heterocycles. The average Bonchev–Trinajstić information content (AvgIpc) is 2.56. The van der Waals surface area contributed by atoms with Crippen molar-refractivity contribution in [3.05, 3.63) is 23.0 Å². The van der Waals surface area contributed by atoms with Gasteiger partial charge in [-0.05, 0) is 39.2 Å². The number of aliphatic hydroxyl groups is 1. The third-order valence-electron chi connectivity index (χ3n) is 3.97. The minimum absolute atomic E-state index is 0.0114. The van der Waals surface area contributed by atoms with E-state index in [1.54, 1.807) is 10.8 Å². The molecule has 1 aliphatic rings. The molecule has 0 radical (unpaired) electrons. The van der Waals surface area contributed by atoms with E-state index in [4.69, 9.17) is 0 Å². The van der Waals surface area contributed by atoms with Crippen LogP contribution in [0, 0.1) is 13.8 Å². The van der Waals surface area contributed by atoms with E-state index in [-0.39, 0.29) is 18.1 Å². The topological polar surface area (TPSA) is 67.2 Å². The molecule has 0 bridgehead atoms. The number of aromatic nitrogens is 2. The number of hydrogen-bond acceptors (Lipinski definition) is 3. The summed E-state index contributed by atoms with van der Waals surface area (Å²) in [5.41, 5.74) is 2.52. The van der Waals surface area contributed by atoms with Gasteiger partial charge in [0.15, 0.2) is 0 Å². The third kappa shape index (κ3) is 2.71. The first-order chi connectivity index (χ1) is 8.97. The van der Waals surface area contributed by atoms with Crippen molar-refractivity contribution < 1.29 is 9.90 Å². The van der Waals surface area contributed by atoms with Crippen LogP contribution in [0.4, 0.5) is 0 Å². The van der Waals surface area contributed by atoms with Crippen molar-refractivity contribution in [1.29, 1.82) is 0 Å². The Morgan fingerprint density at radius 3 is 2.63 bits per heavy atom. The Bertz CT molecular complexity index is 507. The zero-order valence-electron chi connectivity index (χ0n) is 11.7. The molecule has 1 amide bonds. The van der Waals surface area contributed by atoms with Crippen molar-refractivity contribution in [1.82, 2.24) is 15.1 Å². The molecule has 1 fully saturated rings. The first-order valence-electron chi connectivity index (χ1n) is 6.59. The van der Waals surface area contributed by atoms with Crippen molar-refractivity contribution in [3.63, 3.8) is 0 Å². The Labute approximate surface area is 113 Å². The van der Waals surface area contributed by atoms with E-state index in [0.29, 0.717) is 0 Å². The molecule has 5 heteroatoms. The van der Waals surface area contributed by atoms with Crippen LogP contribution in [0.1, 0.15) is 36.2 Å². The molecule has 2 rings (SSSR count). The lowest BCUT2D eigenvalue weighted by Crippen LogP contribution is -2.55. The predicted molar refractivity (Wildman–Crippen MR) is 73.5 cm³/mol. The van der Waals surface area contributed by atoms with Gasteiger partial charge in [-0.2, -0.15) is 5.10 Å². The molecule has 0 spiro atoms. The van der Waals surface area contributed by atoms with E-state index < -0.39 is 0 Å². The fourth-order valence-electron chi connectivity index (χ4n) is 2.42. The molecule has 1 aromatic rings. The van der Waals surface area contributed by atoms with Crippen LogP contribution >= 0.6 is 0 Å². The first-order valence-corrected chi connectivity index (χ1v) is 6.59. The van der Waals surface area contributed by atoms with Crippen molar-refractivity contribution in [2.45, 2.75) is 38.6 Å². The third-order valence-corrected chi connectivity index (χ3v) is 3.97. The zero-order chi connectivity index (χ0) is 14.0. The van der Waals surface area contributed by atoms with Gasteiger partial charge in [-0.15, -0.1) is 0 Å². The molecule has 1 heterocycles. The van der Waals surface area contributed by atoms with Crippen molar-refractivity contribution in [2.24, 2.45) is 7.05 Å². The molecule has 0 saturated heterocycles. The molecule has 2 N–H and O–H groups in total. The van der Waals surface area contributed by atoms with E-state index in [2.05, 4.69) is 10.4 Å². The summed E-state index contributed by atoms with van der Waals surface area (Å²) in [6.45, 7) is 3.90. The number of carbonyl (C=O) groups is 1. The molecule has 1 saturated carbocycles. The summed E-state index contributed by atoms with van der Waals surface area (Å²) >= 11 is 0. The maximum absolute atomic E-state index is 11.9. The number of amides is 1. The summed E-state index contributed by atoms with van der Waals surface area (Å²) in [5.74, 6) is -0.156. The number of aliphatic hydroxyl groups excluding tert-OH is 1. The van der Waals surface area contributed by atoms with E-state index in [0.717, 1.165) is 36.2 Å². The number of carbonyl (C=O) groups excluding carboxylic acids is 1. The molecular weight excluding hydrogens is 242 g/mol. The lowest BCUT2D eigenvalue weighted by molar-refractivity contribution is -0.120. The summed E-state index contributed by atoms with van der Waals surface area (Å²) in [6.07, 6.45) is 6.08. The molecule has 0 aromatic carbocycles. The van der Waals surface area contributed by atoms with E-state index in [1.165, 1.54) is 6.08 Å². The van der Waals surface area contributed by atoms with Gasteiger partial charge in [-0.25, -0.2) is 0 Å². The monoisotopic (exact) mass is 263 g/mol. The highest BCUT2D eigenvalue weighted by molar-refractivity contribution is 5.92. The highest BCUT2D eigenvalue weighted by atomic mass is 16.3. The van der Waals surface area contributed by atoms with Gasteiger partial charge in [-0.3, -0.25) is 9.48 Å². The highest BCUT2D eigenvalue weighted by Crippen LogP contribution is 2.31. The maximum atomic E-state index is 11.9. The molecular formula is C14H21N3O2. The first kappa shape index (κ1) is 13.8. The van der Waals surface area contributed by atoms with Crippen LogP contribution in [-0.4, -0.2) is 32.9 Å². The van der Waals surface area contributed by atoms with Gasteiger partial charge in [0, 0.05) is 24.4 Å². The van der Waals surface area contributed by atoms with Crippen LogP contribution < -0.4 is 5.32 Å². The van der Waals surface area contributed by atoms with E-state index in [9.17, 15) is 9.90 Å². The van der Waals surface area contributed by atoms with Gasteiger partial charge in [0.2, 0.25) is 5.91 Å². The smallest absolute Gasteiger partial charge is 0.244 e. The molecule has 0 unspecified atom stereocenters. The zero-order valence-corrected chi connectivity index (χ0v) is 11.7. The van der Waals surface area contributed by atoms with Crippen LogP contribution in [0.25, 0.3) is 6.08 Å². The lowest BCUT2D eigenvalue weighted by Gasteiger charge is -2.40. The van der Waals surface area contributed by atoms with Gasteiger partial charge in [-0.1, -0.05) is 0 Å². The number of rotatable bonds is 4. The van der Waals surface area contributed by atoms with E-state index >= 15 is 0 Å². The fraction of sp³-hybridized carbons (Fsp3) is 0.571. The second-order valence-electron chi connectivity index (χ2n) is 5.32. The van der Waals surface area contributed by atoms with Crippen molar-refractivity contribution in [3.8, 4) is 0 Å². The van der Waals surface area contributed by atoms with Gasteiger partial charge in [0.1, 0.15) is 0 Å². The SMILES string of the molecule is Cc1nn(C)c(C)c1/C=C/C(=O)NC1(CO)CCC1. The van der Waals surface area contributed by atoms with Crippen molar-refractivity contribution in [2.75, 3.05) is 6.61 Å². The fourth-order valence-corrected chi connectivity index (χ4v) is 2.42. The molecule has 1 aliphatic carbocycles. The Hall–Kier alpha value is -1.62. The van der Waals surface area contributed by atoms with Crippen LogP contribution in [0.5, 0.6) is 0 Å². The largest absolute Gasteiger partial charge is 0.394 e. The van der Waals surface area contributed by atoms with Gasteiger partial charge >= 0.3 is 0 Å². The molecule has 1 aromatic heterocycles. The minimum atomic E-state index is -0.388. The van der Waals surface area contributed by atoms with Gasteiger partial charge in [0.05, 0.1) is 17.8 Å². The number of hydrogen-bond donors (Lipinski definition) is 2. The normalized spacial score (nSPS) is 17.5. The number of nitrogens with zero attached hydrogens (tertiary/aromatic N) is 2. The summed E-state index contributed by atoms with van der Waals surface area (Å²) in [4.78, 5) is 11.9. The quantitative estimate of drug-likeness (QED) is 0.799.